The highest BCUT2D eigenvalue weighted by atomic mass is 32.2. The summed E-state index contributed by atoms with van der Waals surface area (Å²) in [6.45, 7) is 0.231. The first kappa shape index (κ1) is 14.0. The summed E-state index contributed by atoms with van der Waals surface area (Å²) < 4.78 is 39.5. The van der Waals surface area contributed by atoms with Gasteiger partial charge in [-0.25, -0.2) is 12.8 Å². The molecule has 2 rings (SSSR count). The topological polar surface area (TPSA) is 66.5 Å². The first-order valence-corrected chi connectivity index (χ1v) is 7.40. The molecule has 1 fully saturated rings. The van der Waals surface area contributed by atoms with Crippen molar-refractivity contribution in [3.8, 4) is 0 Å². The monoisotopic (exact) mass is 286 g/mol. The van der Waals surface area contributed by atoms with Gasteiger partial charge in [-0.1, -0.05) is 12.1 Å². The van der Waals surface area contributed by atoms with Crippen LogP contribution in [0.4, 0.5) is 4.39 Å². The SMILES string of the molecule is CNC(=O)C1CCCN1S(=O)(=O)c1ccccc1F. The number of benzene rings is 1. The molecule has 1 aliphatic heterocycles. The minimum Gasteiger partial charge on any atom is -0.358 e. The van der Waals surface area contributed by atoms with Crippen LogP contribution < -0.4 is 5.32 Å². The number of nitrogens with one attached hydrogen (secondary N) is 1. The summed E-state index contributed by atoms with van der Waals surface area (Å²) in [6.07, 6.45) is 1.04. The number of halogens is 1. The van der Waals surface area contributed by atoms with Gasteiger partial charge in [0, 0.05) is 13.6 Å². The molecule has 7 heteroatoms. The molecule has 0 bridgehead atoms. The predicted octanol–water partition coefficient (Wildman–Crippen LogP) is 0.725. The van der Waals surface area contributed by atoms with Crippen molar-refractivity contribution in [2.24, 2.45) is 0 Å². The van der Waals surface area contributed by atoms with Gasteiger partial charge >= 0.3 is 0 Å². The van der Waals surface area contributed by atoms with Crippen LogP contribution in [0.2, 0.25) is 0 Å². The summed E-state index contributed by atoms with van der Waals surface area (Å²) in [7, 11) is -2.52. The normalized spacial score (nSPS) is 20.4. The van der Waals surface area contributed by atoms with Crippen LogP contribution in [-0.4, -0.2) is 38.3 Å². The molecule has 5 nitrogen and oxygen atoms in total. The highest BCUT2D eigenvalue weighted by Crippen LogP contribution is 2.27. The van der Waals surface area contributed by atoms with Crippen molar-refractivity contribution in [2.45, 2.75) is 23.8 Å². The first-order chi connectivity index (χ1) is 8.98. The number of sulfonamides is 1. The Labute approximate surface area is 111 Å². The lowest BCUT2D eigenvalue weighted by Gasteiger charge is -2.22. The van der Waals surface area contributed by atoms with Gasteiger partial charge in [-0.15, -0.1) is 0 Å². The van der Waals surface area contributed by atoms with Gasteiger partial charge in [0.15, 0.2) is 0 Å². The van der Waals surface area contributed by atoms with E-state index in [1.807, 2.05) is 0 Å². The predicted molar refractivity (Wildman–Crippen MR) is 67.4 cm³/mol. The van der Waals surface area contributed by atoms with Gasteiger partial charge in [0.25, 0.3) is 0 Å². The van der Waals surface area contributed by atoms with Gasteiger partial charge in [0.05, 0.1) is 0 Å². The Morgan fingerprint density at radius 3 is 2.74 bits per heavy atom. The first-order valence-electron chi connectivity index (χ1n) is 5.96. The van der Waals surface area contributed by atoms with Crippen LogP contribution in [0.5, 0.6) is 0 Å². The van der Waals surface area contributed by atoms with E-state index in [-0.39, 0.29) is 17.3 Å². The number of nitrogens with zero attached hydrogens (tertiary/aromatic N) is 1. The molecule has 1 unspecified atom stereocenters. The van der Waals surface area contributed by atoms with Gasteiger partial charge in [0.2, 0.25) is 15.9 Å². The van der Waals surface area contributed by atoms with E-state index >= 15 is 0 Å². The molecule has 1 atom stereocenters. The van der Waals surface area contributed by atoms with Crippen LogP contribution in [-0.2, 0) is 14.8 Å². The number of hydrogen-bond acceptors (Lipinski definition) is 3. The van der Waals surface area contributed by atoms with Crippen LogP contribution in [0.3, 0.4) is 0 Å². The van der Waals surface area contributed by atoms with E-state index in [0.29, 0.717) is 12.8 Å². The molecule has 1 aliphatic rings. The summed E-state index contributed by atoms with van der Waals surface area (Å²) in [5.74, 6) is -1.16. The summed E-state index contributed by atoms with van der Waals surface area (Å²) in [6, 6.07) is 4.44. The quantitative estimate of drug-likeness (QED) is 0.890. The molecule has 0 spiro atoms. The zero-order chi connectivity index (χ0) is 14.0. The van der Waals surface area contributed by atoms with E-state index < -0.39 is 21.9 Å². The van der Waals surface area contributed by atoms with Crippen molar-refractivity contribution >= 4 is 15.9 Å². The second kappa shape index (κ2) is 5.26. The Kier molecular flexibility index (Phi) is 3.86. The van der Waals surface area contributed by atoms with Crippen molar-refractivity contribution in [1.82, 2.24) is 9.62 Å². The molecule has 0 aliphatic carbocycles. The number of carbonyl (C=O) groups is 1. The van der Waals surface area contributed by atoms with Crippen molar-refractivity contribution in [2.75, 3.05) is 13.6 Å². The number of likely N-dealkylation sites (N-methyl/N-ethyl adjacent to an activating group) is 1. The fourth-order valence-corrected chi connectivity index (χ4v) is 3.96. The largest absolute Gasteiger partial charge is 0.358 e. The van der Waals surface area contributed by atoms with Crippen molar-refractivity contribution in [1.29, 1.82) is 0 Å². The molecule has 1 N–H and O–H groups in total. The maximum absolute atomic E-state index is 13.6. The molecule has 104 valence electrons. The standard InChI is InChI=1S/C12H15FN2O3S/c1-14-12(16)10-6-4-8-15(10)19(17,18)11-7-3-2-5-9(11)13/h2-3,5,7,10H,4,6,8H2,1H3,(H,14,16). The minimum absolute atomic E-state index is 0.231. The van der Waals surface area contributed by atoms with Crippen molar-refractivity contribution < 1.29 is 17.6 Å². The lowest BCUT2D eigenvalue weighted by atomic mass is 10.2. The maximum atomic E-state index is 13.6. The molecular weight excluding hydrogens is 271 g/mol. The van der Waals surface area contributed by atoms with Gasteiger partial charge in [-0.3, -0.25) is 4.79 Å². The third-order valence-corrected chi connectivity index (χ3v) is 5.12. The van der Waals surface area contributed by atoms with E-state index in [4.69, 9.17) is 0 Å². The van der Waals surface area contributed by atoms with Crippen LogP contribution in [0.25, 0.3) is 0 Å². The van der Waals surface area contributed by atoms with E-state index in [9.17, 15) is 17.6 Å². The molecule has 19 heavy (non-hydrogen) atoms. The summed E-state index contributed by atoms with van der Waals surface area (Å²) in [5, 5.41) is 2.44. The van der Waals surface area contributed by atoms with E-state index in [2.05, 4.69) is 5.32 Å². The van der Waals surface area contributed by atoms with Crippen molar-refractivity contribution in [3.05, 3.63) is 30.1 Å². The third kappa shape index (κ3) is 2.48. The summed E-state index contributed by atoms with van der Waals surface area (Å²) in [4.78, 5) is 11.3. The van der Waals surface area contributed by atoms with E-state index in [0.717, 1.165) is 10.4 Å². The fourth-order valence-electron chi connectivity index (χ4n) is 2.24. The Morgan fingerprint density at radius 2 is 2.11 bits per heavy atom. The zero-order valence-electron chi connectivity index (χ0n) is 10.5. The van der Waals surface area contributed by atoms with Gasteiger partial charge in [-0.05, 0) is 25.0 Å². The summed E-state index contributed by atoms with van der Waals surface area (Å²) >= 11 is 0. The molecule has 0 saturated carbocycles. The molecule has 1 aromatic carbocycles. The van der Waals surface area contributed by atoms with Gasteiger partial charge in [-0.2, -0.15) is 4.31 Å². The lowest BCUT2D eigenvalue weighted by Crippen LogP contribution is -2.45. The molecule has 0 radical (unpaired) electrons. The Hall–Kier alpha value is -1.47. The number of amides is 1. The fraction of sp³-hybridized carbons (Fsp3) is 0.417. The number of rotatable bonds is 3. The minimum atomic E-state index is -3.98. The second-order valence-electron chi connectivity index (χ2n) is 4.32. The van der Waals surface area contributed by atoms with Crippen LogP contribution in [0, 0.1) is 5.82 Å². The summed E-state index contributed by atoms with van der Waals surface area (Å²) in [5.41, 5.74) is 0. The highest BCUT2D eigenvalue weighted by Gasteiger charge is 2.39. The molecule has 1 heterocycles. The van der Waals surface area contributed by atoms with Crippen LogP contribution >= 0.6 is 0 Å². The molecule has 1 saturated heterocycles. The smallest absolute Gasteiger partial charge is 0.246 e. The van der Waals surface area contributed by atoms with E-state index in [1.165, 1.54) is 25.2 Å². The number of carbonyl (C=O) groups excluding carboxylic acids is 1. The number of hydrogen-bond donors (Lipinski definition) is 1. The van der Waals surface area contributed by atoms with Gasteiger partial charge < -0.3 is 5.32 Å². The van der Waals surface area contributed by atoms with Gasteiger partial charge in [0.1, 0.15) is 16.8 Å². The van der Waals surface area contributed by atoms with E-state index in [1.54, 1.807) is 0 Å². The highest BCUT2D eigenvalue weighted by molar-refractivity contribution is 7.89. The molecule has 1 amide bonds. The average Bonchev–Trinajstić information content (AvgIpc) is 2.88. The Bertz CT molecular complexity index is 588. The third-order valence-electron chi connectivity index (χ3n) is 3.18. The molecule has 1 aromatic rings. The lowest BCUT2D eigenvalue weighted by molar-refractivity contribution is -0.123. The second-order valence-corrected chi connectivity index (χ2v) is 6.18. The maximum Gasteiger partial charge on any atom is 0.246 e. The van der Waals surface area contributed by atoms with Crippen LogP contribution in [0.15, 0.2) is 29.2 Å². The zero-order valence-corrected chi connectivity index (χ0v) is 11.3. The molecular formula is C12H15FN2O3S. The van der Waals surface area contributed by atoms with Crippen LogP contribution in [0.1, 0.15) is 12.8 Å². The Balaban J connectivity index is 2.40. The average molecular weight is 286 g/mol. The molecule has 0 aromatic heterocycles. The van der Waals surface area contributed by atoms with Crippen molar-refractivity contribution in [3.63, 3.8) is 0 Å². The Morgan fingerprint density at radius 1 is 1.42 bits per heavy atom.